The van der Waals surface area contributed by atoms with E-state index in [0.717, 1.165) is 10.3 Å². The molecule has 0 spiro atoms. The zero-order chi connectivity index (χ0) is 18.8. The summed E-state index contributed by atoms with van der Waals surface area (Å²) in [5.74, 6) is -1.14. The number of likely N-dealkylation sites (N-methyl/N-ethyl adjacent to an activating group) is 1. The fourth-order valence-corrected chi connectivity index (χ4v) is 2.54. The molecule has 2 aromatic rings. The van der Waals surface area contributed by atoms with Crippen LogP contribution in [0.1, 0.15) is 26.3 Å². The predicted octanol–water partition coefficient (Wildman–Crippen LogP) is 2.42. The maximum absolute atomic E-state index is 12.4. The van der Waals surface area contributed by atoms with Crippen molar-refractivity contribution in [1.29, 1.82) is 0 Å². The van der Waals surface area contributed by atoms with Crippen molar-refractivity contribution in [3.8, 4) is 0 Å². The van der Waals surface area contributed by atoms with Gasteiger partial charge >= 0.3 is 12.1 Å². The summed E-state index contributed by atoms with van der Waals surface area (Å²) in [4.78, 5) is 35.7. The molecule has 1 atom stereocenters. The number of benzene rings is 1. The summed E-state index contributed by atoms with van der Waals surface area (Å²) in [7, 11) is 1.36. The van der Waals surface area contributed by atoms with Gasteiger partial charge in [0.05, 0.1) is 5.52 Å². The maximum atomic E-state index is 12.4. The van der Waals surface area contributed by atoms with E-state index in [1.54, 1.807) is 57.6 Å². The second-order valence-electron chi connectivity index (χ2n) is 6.78. The first kappa shape index (κ1) is 20.2. The topological polar surface area (TPSA) is 88.8 Å². The van der Waals surface area contributed by atoms with Crippen LogP contribution in [-0.4, -0.2) is 51.7 Å². The van der Waals surface area contributed by atoms with Crippen LogP contribution in [0.3, 0.4) is 0 Å². The number of fused-ring (bicyclic) bond motifs is 1. The molecule has 0 saturated carbocycles. The third kappa shape index (κ3) is 4.17. The van der Waals surface area contributed by atoms with Gasteiger partial charge in [-0.05, 0) is 39.4 Å². The Balaban J connectivity index is 0.00000338. The Hall–Kier alpha value is -3.83. The summed E-state index contributed by atoms with van der Waals surface area (Å²) in [6.07, 6.45) is 2.65. The van der Waals surface area contributed by atoms with Crippen molar-refractivity contribution in [2.75, 3.05) is 7.05 Å². The molecular formula is C18H21FmN2O5-. The Bertz CT molecular complexity index is 810. The summed E-state index contributed by atoms with van der Waals surface area (Å²) >= 11 is 0. The van der Waals surface area contributed by atoms with Gasteiger partial charge in [0.2, 0.25) is 0 Å². The molecule has 0 fully saturated rings. The number of rotatable bonds is 5. The van der Waals surface area contributed by atoms with E-state index in [9.17, 15) is 19.5 Å². The first-order valence-corrected chi connectivity index (χ1v) is 7.80. The zero-order valence-corrected chi connectivity index (χ0v) is 17.3. The van der Waals surface area contributed by atoms with E-state index < -0.39 is 23.7 Å². The predicted molar refractivity (Wildman–Crippen MR) is 92.2 cm³/mol. The Morgan fingerprint density at radius 3 is 2.46 bits per heavy atom. The molecule has 0 unspecified atom stereocenters. The summed E-state index contributed by atoms with van der Waals surface area (Å²) in [6, 6.07) is 6.07. The summed E-state index contributed by atoms with van der Waals surface area (Å²) in [5.41, 5.74) is 0.600. The van der Waals surface area contributed by atoms with E-state index >= 15 is 0 Å². The first-order chi connectivity index (χ1) is 11.6. The Kier molecular flexibility index (Phi) is 5.74. The van der Waals surface area contributed by atoms with Gasteiger partial charge in [-0.3, -0.25) is 9.36 Å². The minimum absolute atomic E-state index is 0. The van der Waals surface area contributed by atoms with E-state index in [-0.39, 0.29) is 6.42 Å². The molecule has 2 rings (SSSR count). The molecule has 0 bridgehead atoms. The van der Waals surface area contributed by atoms with Crippen LogP contribution in [0.15, 0.2) is 30.5 Å². The van der Waals surface area contributed by atoms with Gasteiger partial charge in [0.15, 0.2) is 0 Å². The number of carbonyl (C=O) groups is 2. The maximum Gasteiger partial charge on any atom is 0.419 e. The van der Waals surface area contributed by atoms with Crippen LogP contribution in [0.25, 0.3) is 10.9 Å². The van der Waals surface area contributed by atoms with Crippen molar-refractivity contribution in [1.82, 2.24) is 9.47 Å². The van der Waals surface area contributed by atoms with E-state index in [0.29, 0.717) is 11.1 Å². The zero-order valence-electron chi connectivity index (χ0n) is 14.9. The quantitative estimate of drug-likeness (QED) is 0.420. The van der Waals surface area contributed by atoms with E-state index in [1.165, 1.54) is 11.6 Å². The molecule has 0 aliphatic heterocycles. The molecule has 7 nitrogen and oxygen atoms in total. The second-order valence-corrected chi connectivity index (χ2v) is 6.78. The normalized spacial score (nSPS) is 12.2. The van der Waals surface area contributed by atoms with Crippen LogP contribution >= 0.6 is 0 Å². The molecule has 26 heavy (non-hydrogen) atoms. The number of nitrogens with zero attached hydrogens (tertiary/aromatic N) is 2. The van der Waals surface area contributed by atoms with Crippen LogP contribution in [-0.2, 0) is 20.7 Å². The first-order valence-electron chi connectivity index (χ1n) is 7.80. The van der Waals surface area contributed by atoms with Crippen LogP contribution in [0.5, 0.6) is 0 Å². The average Bonchev–Trinajstić information content (AvgIpc) is 2.89. The molecule has 1 amide bonds. The number of ether oxygens (including phenoxy) is 1. The Morgan fingerprint density at radius 1 is 1.31 bits per heavy atom. The molecule has 1 aromatic carbocycles. The van der Waals surface area contributed by atoms with Crippen molar-refractivity contribution in [3.63, 3.8) is 0 Å². The smallest absolute Gasteiger partial charge is 0.419 e. The van der Waals surface area contributed by atoms with Gasteiger partial charge in [-0.2, -0.15) is 6.41 Å². The summed E-state index contributed by atoms with van der Waals surface area (Å²) in [6.45, 7) is 5.31. The van der Waals surface area contributed by atoms with Crippen molar-refractivity contribution in [3.05, 3.63) is 36.0 Å². The number of aromatic nitrogens is 1. The van der Waals surface area contributed by atoms with Gasteiger partial charge in [-0.15, -0.1) is 0 Å². The molecule has 146 valence electrons. The van der Waals surface area contributed by atoms with Crippen molar-refractivity contribution < 1.29 is 24.2 Å². The number of para-hydroxylation sites is 1. The molecule has 0 radical (unpaired) electrons. The van der Waals surface area contributed by atoms with E-state index in [4.69, 9.17) is 4.74 Å². The number of carboxylic acid groups (broad SMARTS) is 1. The van der Waals surface area contributed by atoms with Crippen LogP contribution in [0.4, 0.5) is 4.79 Å². The fraction of sp³-hybridized carbons (Fsp3) is 0.389. The number of hydrogen-bond donors (Lipinski definition) is 1. The molecule has 1 heterocycles. The Labute approximate surface area is 145 Å². The molecule has 8 heteroatoms. The number of aliphatic carboxylic acids is 1. The summed E-state index contributed by atoms with van der Waals surface area (Å²) < 4.78 is 6.76. The van der Waals surface area contributed by atoms with Gasteiger partial charge in [-0.25, -0.2) is 4.79 Å². The third-order valence-corrected chi connectivity index (χ3v) is 3.69. The number of carboxylic acids is 1. The van der Waals surface area contributed by atoms with Crippen molar-refractivity contribution in [2.24, 2.45) is 0 Å². The monoisotopic (exact) mass is 602 g/mol. The fourth-order valence-electron chi connectivity index (χ4n) is 2.54. The number of amides is 1. The van der Waals surface area contributed by atoms with Crippen LogP contribution in [0.2, 0.25) is 0 Å². The molecular weight excluding hydrogens is 581 g/mol. The van der Waals surface area contributed by atoms with Gasteiger partial charge < -0.3 is 19.5 Å². The van der Waals surface area contributed by atoms with Crippen LogP contribution in [0, 0.1) is 0 Å². The second kappa shape index (κ2) is 7.38. The molecule has 0 aliphatic rings. The molecule has 1 N–H and O–H groups in total. The van der Waals surface area contributed by atoms with E-state index in [2.05, 4.69) is 0 Å². The number of carbonyl (C=O) groups excluding carboxylic acids is 2. The Morgan fingerprint density at radius 2 is 1.92 bits per heavy atom. The van der Waals surface area contributed by atoms with Gasteiger partial charge in [0.1, 0.15) is 11.6 Å². The van der Waals surface area contributed by atoms with Gasteiger partial charge in [0, 0.05) is 18.0 Å². The SMILES string of the molecule is CN([C-]=O)[C@@H](Cc1cn(C(=O)OC(C)(C)C)c2ccccc12)C(=O)O.[Fm]. The number of hydrogen-bond acceptors (Lipinski definition) is 4. The standard InChI is InChI=1S/C18H21N2O5.Fm/c1-18(2,3)25-17(24)20-10-12(13-7-5-6-8-14(13)20)9-15(16(22)23)19(4)11-21;/h5-8,10,15H,9H2,1-4H3,(H,22,23);/q-1;/t15-;/m0./s1. The molecule has 0 saturated heterocycles. The summed E-state index contributed by atoms with van der Waals surface area (Å²) in [5, 5.41) is 10.1. The van der Waals surface area contributed by atoms with E-state index in [1.807, 2.05) is 0 Å². The third-order valence-electron chi connectivity index (χ3n) is 3.69. The minimum Gasteiger partial charge on any atom is -0.520 e. The molecule has 0 aliphatic carbocycles. The largest absolute Gasteiger partial charge is 0.520 e. The van der Waals surface area contributed by atoms with Crippen LogP contribution < -0.4 is 0 Å². The van der Waals surface area contributed by atoms with Crippen molar-refractivity contribution >= 4 is 29.4 Å². The van der Waals surface area contributed by atoms with Gasteiger partial charge in [0.25, 0.3) is 0 Å². The van der Waals surface area contributed by atoms with Gasteiger partial charge in [-0.1, -0.05) is 18.2 Å². The average molecular weight is 602 g/mol. The van der Waals surface area contributed by atoms with Crippen molar-refractivity contribution in [2.45, 2.75) is 38.8 Å². The minimum atomic E-state index is -1.14. The molecule has 1 aromatic heterocycles.